The standard InChI is InChI=1S/C31H52O3/c1-21(2)12-9-13-22(3)14-10-15-23(4)16-11-17-24(5)18-19-28-27(8)29(20-30(32)33)25(6)26(7)31(28)34/h17,21-23,34H,9-16,18-20H2,1-8H3,(H,32,33)/b24-17-. The summed E-state index contributed by atoms with van der Waals surface area (Å²) in [6, 6.07) is 0. The molecule has 0 saturated heterocycles. The minimum Gasteiger partial charge on any atom is -0.507 e. The molecule has 0 aliphatic heterocycles. The maximum atomic E-state index is 11.3. The van der Waals surface area contributed by atoms with Crippen LogP contribution in [-0.2, 0) is 17.6 Å². The van der Waals surface area contributed by atoms with E-state index in [4.69, 9.17) is 0 Å². The summed E-state index contributed by atoms with van der Waals surface area (Å²) in [5, 5.41) is 20.0. The molecule has 0 aromatic heterocycles. The van der Waals surface area contributed by atoms with Crippen molar-refractivity contribution >= 4 is 5.97 Å². The third-order valence-electron chi connectivity index (χ3n) is 7.68. The van der Waals surface area contributed by atoms with Crippen molar-refractivity contribution in [2.24, 2.45) is 17.8 Å². The summed E-state index contributed by atoms with van der Waals surface area (Å²) in [6.07, 6.45) is 14.5. The molecule has 0 saturated carbocycles. The molecular formula is C31H52O3. The summed E-state index contributed by atoms with van der Waals surface area (Å²) < 4.78 is 0. The van der Waals surface area contributed by atoms with Crippen molar-refractivity contribution in [3.63, 3.8) is 0 Å². The molecule has 0 bridgehead atoms. The molecule has 0 heterocycles. The lowest BCUT2D eigenvalue weighted by molar-refractivity contribution is -0.136. The van der Waals surface area contributed by atoms with Crippen LogP contribution in [0.1, 0.15) is 120 Å². The first kappa shape index (κ1) is 30.3. The van der Waals surface area contributed by atoms with Gasteiger partial charge in [0.05, 0.1) is 6.42 Å². The Bertz CT molecular complexity index is 804. The summed E-state index contributed by atoms with van der Waals surface area (Å²) in [5.41, 5.74) is 5.74. The van der Waals surface area contributed by atoms with E-state index in [2.05, 4.69) is 40.7 Å². The van der Waals surface area contributed by atoms with Gasteiger partial charge in [0.15, 0.2) is 0 Å². The van der Waals surface area contributed by atoms with Gasteiger partial charge in [-0.25, -0.2) is 0 Å². The highest BCUT2D eigenvalue weighted by Crippen LogP contribution is 2.34. The molecule has 3 heteroatoms. The zero-order chi connectivity index (χ0) is 25.8. The Balaban J connectivity index is 2.48. The van der Waals surface area contributed by atoms with Crippen LogP contribution < -0.4 is 0 Å². The number of benzene rings is 1. The molecule has 0 aliphatic carbocycles. The molecule has 0 radical (unpaired) electrons. The van der Waals surface area contributed by atoms with Crippen molar-refractivity contribution in [1.29, 1.82) is 0 Å². The van der Waals surface area contributed by atoms with Gasteiger partial charge in [0.25, 0.3) is 0 Å². The fourth-order valence-corrected chi connectivity index (χ4v) is 5.01. The molecule has 1 aromatic rings. The zero-order valence-corrected chi connectivity index (χ0v) is 23.4. The number of carbonyl (C=O) groups is 1. The Morgan fingerprint density at radius 1 is 0.824 bits per heavy atom. The van der Waals surface area contributed by atoms with E-state index in [9.17, 15) is 15.0 Å². The Morgan fingerprint density at radius 3 is 1.94 bits per heavy atom. The average molecular weight is 473 g/mol. The molecule has 2 unspecified atom stereocenters. The maximum Gasteiger partial charge on any atom is 0.307 e. The summed E-state index contributed by atoms with van der Waals surface area (Å²) >= 11 is 0. The van der Waals surface area contributed by atoms with Crippen LogP contribution in [0, 0.1) is 38.5 Å². The second-order valence-electron chi connectivity index (χ2n) is 11.3. The monoisotopic (exact) mass is 472 g/mol. The number of hydrogen-bond acceptors (Lipinski definition) is 2. The molecule has 1 rings (SSSR count). The second-order valence-corrected chi connectivity index (χ2v) is 11.3. The molecular weight excluding hydrogens is 420 g/mol. The van der Waals surface area contributed by atoms with Crippen molar-refractivity contribution < 1.29 is 15.0 Å². The van der Waals surface area contributed by atoms with E-state index < -0.39 is 5.97 Å². The number of carboxylic acid groups (broad SMARTS) is 1. The number of carboxylic acids is 1. The molecule has 0 amide bonds. The van der Waals surface area contributed by atoms with Crippen LogP contribution in [0.15, 0.2) is 11.6 Å². The highest BCUT2D eigenvalue weighted by molar-refractivity contribution is 5.72. The first-order chi connectivity index (χ1) is 15.9. The van der Waals surface area contributed by atoms with Gasteiger partial charge in [0.1, 0.15) is 5.75 Å². The van der Waals surface area contributed by atoms with Gasteiger partial charge in [-0.15, -0.1) is 0 Å². The SMILES string of the molecule is C/C(=C/CCC(C)CCCC(C)CCCC(C)C)CCc1c(C)c(CC(=O)O)c(C)c(C)c1O. The van der Waals surface area contributed by atoms with Crippen LogP contribution in [-0.4, -0.2) is 16.2 Å². The predicted molar refractivity (Wildman–Crippen MR) is 146 cm³/mol. The summed E-state index contributed by atoms with van der Waals surface area (Å²) in [4.78, 5) is 11.3. The fourth-order valence-electron chi connectivity index (χ4n) is 5.01. The fraction of sp³-hybridized carbons (Fsp3) is 0.710. The van der Waals surface area contributed by atoms with Crippen LogP contribution in [0.2, 0.25) is 0 Å². The van der Waals surface area contributed by atoms with Crippen molar-refractivity contribution in [3.8, 4) is 5.75 Å². The van der Waals surface area contributed by atoms with E-state index >= 15 is 0 Å². The molecule has 0 aliphatic rings. The smallest absolute Gasteiger partial charge is 0.307 e. The van der Waals surface area contributed by atoms with Crippen LogP contribution in [0.3, 0.4) is 0 Å². The van der Waals surface area contributed by atoms with Gasteiger partial charge in [-0.1, -0.05) is 77.9 Å². The first-order valence-electron chi connectivity index (χ1n) is 13.6. The van der Waals surface area contributed by atoms with E-state index in [0.29, 0.717) is 5.75 Å². The number of aliphatic carboxylic acids is 1. The van der Waals surface area contributed by atoms with E-state index in [1.807, 2.05) is 20.8 Å². The lowest BCUT2D eigenvalue weighted by Crippen LogP contribution is -2.08. The van der Waals surface area contributed by atoms with E-state index in [0.717, 1.165) is 64.8 Å². The third-order valence-corrected chi connectivity index (χ3v) is 7.68. The number of allylic oxidation sites excluding steroid dienone is 2. The van der Waals surface area contributed by atoms with Crippen molar-refractivity contribution in [2.45, 2.75) is 126 Å². The van der Waals surface area contributed by atoms with Crippen LogP contribution in [0.5, 0.6) is 5.75 Å². The largest absolute Gasteiger partial charge is 0.507 e. The lowest BCUT2D eigenvalue weighted by atomic mass is 9.88. The summed E-state index contributed by atoms with van der Waals surface area (Å²) in [5.74, 6) is 1.96. The Kier molecular flexibility index (Phi) is 13.6. The van der Waals surface area contributed by atoms with Gasteiger partial charge in [0.2, 0.25) is 0 Å². The Morgan fingerprint density at radius 2 is 1.38 bits per heavy atom. The van der Waals surface area contributed by atoms with E-state index in [-0.39, 0.29) is 6.42 Å². The minimum atomic E-state index is -0.826. The normalized spacial score (nSPS) is 14.0. The number of hydrogen-bond donors (Lipinski definition) is 2. The van der Waals surface area contributed by atoms with Crippen molar-refractivity contribution in [3.05, 3.63) is 39.5 Å². The molecule has 2 atom stereocenters. The first-order valence-corrected chi connectivity index (χ1v) is 13.6. The van der Waals surface area contributed by atoms with Crippen molar-refractivity contribution in [2.75, 3.05) is 0 Å². The van der Waals surface area contributed by atoms with Crippen LogP contribution >= 0.6 is 0 Å². The highest BCUT2D eigenvalue weighted by atomic mass is 16.4. The molecule has 0 spiro atoms. The number of phenols is 1. The minimum absolute atomic E-state index is 0.00915. The van der Waals surface area contributed by atoms with Crippen LogP contribution in [0.4, 0.5) is 0 Å². The molecule has 1 aromatic carbocycles. The van der Waals surface area contributed by atoms with Gasteiger partial charge in [0, 0.05) is 0 Å². The summed E-state index contributed by atoms with van der Waals surface area (Å²) in [7, 11) is 0. The number of aromatic hydroxyl groups is 1. The zero-order valence-electron chi connectivity index (χ0n) is 23.4. The average Bonchev–Trinajstić information content (AvgIpc) is 2.75. The molecule has 194 valence electrons. The van der Waals surface area contributed by atoms with Gasteiger partial charge in [-0.05, 0) is 98.9 Å². The number of phenolic OH excluding ortho intramolecular Hbond substituents is 1. The maximum absolute atomic E-state index is 11.3. The van der Waals surface area contributed by atoms with Gasteiger partial charge >= 0.3 is 5.97 Å². The van der Waals surface area contributed by atoms with E-state index in [1.165, 1.54) is 50.5 Å². The summed E-state index contributed by atoms with van der Waals surface area (Å²) in [6.45, 7) is 17.3. The van der Waals surface area contributed by atoms with E-state index in [1.54, 1.807) is 0 Å². The third kappa shape index (κ3) is 10.7. The van der Waals surface area contributed by atoms with Crippen LogP contribution in [0.25, 0.3) is 0 Å². The second kappa shape index (κ2) is 15.3. The highest BCUT2D eigenvalue weighted by Gasteiger charge is 2.18. The lowest BCUT2D eigenvalue weighted by Gasteiger charge is -2.19. The molecule has 3 nitrogen and oxygen atoms in total. The topological polar surface area (TPSA) is 57.5 Å². The predicted octanol–water partition coefficient (Wildman–Crippen LogP) is 8.87. The molecule has 0 fully saturated rings. The van der Waals surface area contributed by atoms with Gasteiger partial charge in [-0.3, -0.25) is 4.79 Å². The van der Waals surface area contributed by atoms with Gasteiger partial charge in [-0.2, -0.15) is 0 Å². The van der Waals surface area contributed by atoms with Crippen molar-refractivity contribution in [1.82, 2.24) is 0 Å². The molecule has 2 N–H and O–H groups in total. The Labute approximate surface area is 210 Å². The van der Waals surface area contributed by atoms with Gasteiger partial charge < -0.3 is 10.2 Å². The number of rotatable bonds is 16. The Hall–Kier alpha value is -1.77. The quantitative estimate of drug-likeness (QED) is 0.236. The molecule has 34 heavy (non-hydrogen) atoms.